The van der Waals surface area contributed by atoms with Crippen molar-refractivity contribution in [2.45, 2.75) is 32.2 Å². The summed E-state index contributed by atoms with van der Waals surface area (Å²) < 4.78 is 5.36. The van der Waals surface area contributed by atoms with Crippen molar-refractivity contribution < 1.29 is 14.3 Å². The summed E-state index contributed by atoms with van der Waals surface area (Å²) in [6.07, 6.45) is 2.50. The first-order valence-electron chi connectivity index (χ1n) is 7.50. The normalized spacial score (nSPS) is 21.5. The Morgan fingerprint density at radius 1 is 1.33 bits per heavy atom. The van der Waals surface area contributed by atoms with E-state index >= 15 is 0 Å². The van der Waals surface area contributed by atoms with Crippen LogP contribution >= 0.6 is 0 Å². The third-order valence-corrected chi connectivity index (χ3v) is 3.95. The first kappa shape index (κ1) is 13.9. The quantitative estimate of drug-likeness (QED) is 0.902. The highest BCUT2D eigenvalue weighted by Gasteiger charge is 2.41. The molecule has 1 aliphatic carbocycles. The fourth-order valence-electron chi connectivity index (χ4n) is 2.69. The summed E-state index contributed by atoms with van der Waals surface area (Å²) in [5, 5.41) is 2.88. The minimum atomic E-state index is -0.232. The van der Waals surface area contributed by atoms with Crippen molar-refractivity contribution in [1.29, 1.82) is 0 Å². The van der Waals surface area contributed by atoms with Crippen molar-refractivity contribution in [1.82, 2.24) is 4.90 Å². The van der Waals surface area contributed by atoms with Crippen molar-refractivity contribution in [3.05, 3.63) is 24.3 Å². The van der Waals surface area contributed by atoms with Gasteiger partial charge >= 0.3 is 0 Å². The number of likely N-dealkylation sites (tertiary alicyclic amines) is 1. The van der Waals surface area contributed by atoms with Crippen LogP contribution in [0.1, 0.15) is 26.2 Å². The van der Waals surface area contributed by atoms with Gasteiger partial charge in [-0.3, -0.25) is 9.59 Å². The SMILES string of the molecule is CCOc1ccc(NC(=O)[C@H]2CC(=O)N(C3CC3)C2)cc1. The third-order valence-electron chi connectivity index (χ3n) is 3.95. The number of anilines is 1. The monoisotopic (exact) mass is 288 g/mol. The highest BCUT2D eigenvalue weighted by Crippen LogP contribution is 2.33. The highest BCUT2D eigenvalue weighted by atomic mass is 16.5. The molecule has 0 radical (unpaired) electrons. The number of hydrogen-bond donors (Lipinski definition) is 1. The maximum Gasteiger partial charge on any atom is 0.229 e. The predicted octanol–water partition coefficient (Wildman–Crippen LogP) is 2.03. The molecule has 1 aliphatic heterocycles. The second-order valence-electron chi connectivity index (χ2n) is 5.62. The molecule has 3 rings (SSSR count). The van der Waals surface area contributed by atoms with E-state index in [-0.39, 0.29) is 17.7 Å². The molecule has 1 saturated heterocycles. The average molecular weight is 288 g/mol. The summed E-state index contributed by atoms with van der Waals surface area (Å²) in [4.78, 5) is 26.0. The van der Waals surface area contributed by atoms with E-state index in [2.05, 4.69) is 5.32 Å². The molecule has 1 heterocycles. The van der Waals surface area contributed by atoms with Gasteiger partial charge in [-0.25, -0.2) is 0 Å². The molecule has 1 atom stereocenters. The van der Waals surface area contributed by atoms with Crippen LogP contribution in [0.15, 0.2) is 24.3 Å². The molecule has 112 valence electrons. The van der Waals surface area contributed by atoms with Gasteiger partial charge in [0.15, 0.2) is 0 Å². The number of nitrogens with one attached hydrogen (secondary N) is 1. The molecule has 5 nitrogen and oxygen atoms in total. The molecule has 0 aromatic heterocycles. The van der Waals surface area contributed by atoms with Crippen LogP contribution in [0, 0.1) is 5.92 Å². The van der Waals surface area contributed by atoms with Crippen LogP contribution in [0.3, 0.4) is 0 Å². The lowest BCUT2D eigenvalue weighted by molar-refractivity contribution is -0.128. The van der Waals surface area contributed by atoms with Crippen molar-refractivity contribution in [2.24, 2.45) is 5.92 Å². The lowest BCUT2D eigenvalue weighted by Crippen LogP contribution is -2.29. The zero-order valence-corrected chi connectivity index (χ0v) is 12.2. The van der Waals surface area contributed by atoms with Crippen LogP contribution in [0.25, 0.3) is 0 Å². The molecule has 1 aromatic rings. The second kappa shape index (κ2) is 5.76. The fraction of sp³-hybridized carbons (Fsp3) is 0.500. The Hall–Kier alpha value is -2.04. The van der Waals surface area contributed by atoms with E-state index in [1.54, 1.807) is 0 Å². The molecule has 0 bridgehead atoms. The molecular formula is C16H20N2O3. The highest BCUT2D eigenvalue weighted by molar-refractivity contribution is 5.97. The van der Waals surface area contributed by atoms with Gasteiger partial charge in [0.25, 0.3) is 0 Å². The van der Waals surface area contributed by atoms with Crippen LogP contribution in [-0.2, 0) is 9.59 Å². The number of amides is 2. The molecule has 1 saturated carbocycles. The Morgan fingerprint density at radius 3 is 2.67 bits per heavy atom. The number of nitrogens with zero attached hydrogens (tertiary/aromatic N) is 1. The lowest BCUT2D eigenvalue weighted by Gasteiger charge is -2.15. The van der Waals surface area contributed by atoms with Crippen molar-refractivity contribution in [3.8, 4) is 5.75 Å². The lowest BCUT2D eigenvalue weighted by atomic mass is 10.1. The van der Waals surface area contributed by atoms with Gasteiger partial charge in [0.2, 0.25) is 11.8 Å². The molecule has 2 amide bonds. The van der Waals surface area contributed by atoms with E-state index in [4.69, 9.17) is 4.74 Å². The zero-order chi connectivity index (χ0) is 14.8. The molecular weight excluding hydrogens is 268 g/mol. The molecule has 1 aromatic carbocycles. The van der Waals surface area contributed by atoms with Crippen LogP contribution in [0.5, 0.6) is 5.75 Å². The van der Waals surface area contributed by atoms with Crippen molar-refractivity contribution in [2.75, 3.05) is 18.5 Å². The van der Waals surface area contributed by atoms with Crippen LogP contribution in [0.2, 0.25) is 0 Å². The topological polar surface area (TPSA) is 58.6 Å². The molecule has 2 fully saturated rings. The summed E-state index contributed by atoms with van der Waals surface area (Å²) in [7, 11) is 0. The molecule has 0 spiro atoms. The van der Waals surface area contributed by atoms with Gasteiger partial charge in [-0.15, -0.1) is 0 Å². The van der Waals surface area contributed by atoms with Crippen LogP contribution < -0.4 is 10.1 Å². The van der Waals surface area contributed by atoms with E-state index in [1.807, 2.05) is 36.1 Å². The Labute approximate surface area is 124 Å². The van der Waals surface area contributed by atoms with E-state index in [0.717, 1.165) is 24.3 Å². The molecule has 0 unspecified atom stereocenters. The average Bonchev–Trinajstić information content (AvgIpc) is 3.24. The minimum absolute atomic E-state index is 0.0735. The molecule has 1 N–H and O–H groups in total. The molecule has 5 heteroatoms. The van der Waals surface area contributed by atoms with Gasteiger partial charge in [-0.1, -0.05) is 0 Å². The van der Waals surface area contributed by atoms with E-state index in [1.165, 1.54) is 0 Å². The minimum Gasteiger partial charge on any atom is -0.494 e. The van der Waals surface area contributed by atoms with E-state index in [0.29, 0.717) is 25.6 Å². The first-order chi connectivity index (χ1) is 10.2. The summed E-state index contributed by atoms with van der Waals surface area (Å²) in [5.74, 6) is 0.594. The van der Waals surface area contributed by atoms with Gasteiger partial charge in [-0.2, -0.15) is 0 Å². The number of benzene rings is 1. The maximum absolute atomic E-state index is 12.2. The number of rotatable bonds is 5. The van der Waals surface area contributed by atoms with Gasteiger partial charge in [-0.05, 0) is 44.0 Å². The summed E-state index contributed by atoms with van der Waals surface area (Å²) >= 11 is 0. The summed E-state index contributed by atoms with van der Waals surface area (Å²) in [5.41, 5.74) is 0.737. The number of hydrogen-bond acceptors (Lipinski definition) is 3. The number of ether oxygens (including phenoxy) is 1. The smallest absolute Gasteiger partial charge is 0.229 e. The third kappa shape index (κ3) is 3.17. The van der Waals surface area contributed by atoms with Crippen molar-refractivity contribution >= 4 is 17.5 Å². The Bertz CT molecular complexity index is 537. The van der Waals surface area contributed by atoms with Crippen LogP contribution in [0.4, 0.5) is 5.69 Å². The summed E-state index contributed by atoms with van der Waals surface area (Å²) in [6.45, 7) is 3.11. The van der Waals surface area contributed by atoms with Gasteiger partial charge in [0.1, 0.15) is 5.75 Å². The van der Waals surface area contributed by atoms with Gasteiger partial charge < -0.3 is 15.0 Å². The van der Waals surface area contributed by atoms with E-state index < -0.39 is 0 Å². The largest absolute Gasteiger partial charge is 0.494 e. The van der Waals surface area contributed by atoms with E-state index in [9.17, 15) is 9.59 Å². The van der Waals surface area contributed by atoms with Crippen molar-refractivity contribution in [3.63, 3.8) is 0 Å². The second-order valence-corrected chi connectivity index (χ2v) is 5.62. The molecule has 21 heavy (non-hydrogen) atoms. The predicted molar refractivity (Wildman–Crippen MR) is 79.1 cm³/mol. The summed E-state index contributed by atoms with van der Waals surface area (Å²) in [6, 6.07) is 7.68. The zero-order valence-electron chi connectivity index (χ0n) is 12.2. The maximum atomic E-state index is 12.2. The van der Waals surface area contributed by atoms with Gasteiger partial charge in [0.05, 0.1) is 12.5 Å². The first-order valence-corrected chi connectivity index (χ1v) is 7.50. The fourth-order valence-corrected chi connectivity index (χ4v) is 2.69. The number of carbonyl (C=O) groups excluding carboxylic acids is 2. The van der Waals surface area contributed by atoms with Gasteiger partial charge in [0, 0.05) is 24.7 Å². The Kier molecular flexibility index (Phi) is 3.82. The Morgan fingerprint density at radius 2 is 2.05 bits per heavy atom. The Balaban J connectivity index is 1.57. The number of carbonyl (C=O) groups is 2. The van der Waals surface area contributed by atoms with Crippen LogP contribution in [-0.4, -0.2) is 35.9 Å². The molecule has 2 aliphatic rings. The standard InChI is InChI=1S/C16H20N2O3/c1-2-21-14-7-3-12(4-8-14)17-16(20)11-9-15(19)18(10-11)13-5-6-13/h3-4,7-8,11,13H,2,5-6,9-10H2,1H3,(H,17,20)/t11-/m0/s1.